The summed E-state index contributed by atoms with van der Waals surface area (Å²) in [5.74, 6) is -0.0888. The van der Waals surface area contributed by atoms with Gasteiger partial charge in [0.25, 0.3) is 5.91 Å². The first kappa shape index (κ1) is 14.1. The smallest absolute Gasteiger partial charge is 0.259 e. The van der Waals surface area contributed by atoms with E-state index >= 15 is 0 Å². The van der Waals surface area contributed by atoms with E-state index in [4.69, 9.17) is 10.3 Å². The molecular formula is C15H19N3O2S. The van der Waals surface area contributed by atoms with Crippen LogP contribution in [0.5, 0.6) is 0 Å². The van der Waals surface area contributed by atoms with Crippen LogP contribution < -0.4 is 11.1 Å². The molecule has 2 heterocycles. The van der Waals surface area contributed by atoms with E-state index in [1.54, 1.807) is 11.3 Å². The predicted molar refractivity (Wildman–Crippen MR) is 83.3 cm³/mol. The minimum absolute atomic E-state index is 0.0898. The van der Waals surface area contributed by atoms with E-state index in [1.165, 1.54) is 17.7 Å². The molecule has 0 saturated heterocycles. The molecule has 6 heteroatoms. The van der Waals surface area contributed by atoms with Gasteiger partial charge in [-0.05, 0) is 31.4 Å². The summed E-state index contributed by atoms with van der Waals surface area (Å²) in [4.78, 5) is 14.6. The number of amides is 1. The molecule has 3 N–H and O–H groups in total. The number of hydrogen-bond acceptors (Lipinski definition) is 5. The summed E-state index contributed by atoms with van der Waals surface area (Å²) in [7, 11) is 0. The van der Waals surface area contributed by atoms with Crippen LogP contribution in [0, 0.1) is 0 Å². The first-order chi connectivity index (χ1) is 10.2. The Balaban J connectivity index is 1.87. The van der Waals surface area contributed by atoms with Crippen LogP contribution in [-0.2, 0) is 6.42 Å². The minimum atomic E-state index is -0.179. The molecule has 112 valence electrons. The summed E-state index contributed by atoms with van der Waals surface area (Å²) in [5.41, 5.74) is 6.72. The molecule has 0 atom stereocenters. The number of thiophene rings is 1. The Morgan fingerprint density at radius 1 is 1.48 bits per heavy atom. The molecular weight excluding hydrogens is 286 g/mol. The molecule has 0 bridgehead atoms. The number of nitrogens with zero attached hydrogens (tertiary/aromatic N) is 1. The fraction of sp³-hybridized carbons (Fsp3) is 0.467. The molecule has 1 aliphatic rings. The van der Waals surface area contributed by atoms with Gasteiger partial charge in [-0.1, -0.05) is 24.9 Å². The Labute approximate surface area is 127 Å². The Hall–Kier alpha value is -1.82. The number of aromatic nitrogens is 1. The Morgan fingerprint density at radius 2 is 2.24 bits per heavy atom. The second-order valence-electron chi connectivity index (χ2n) is 5.34. The van der Waals surface area contributed by atoms with Crippen molar-refractivity contribution >= 4 is 23.1 Å². The maximum atomic E-state index is 12.5. The molecule has 2 aromatic heterocycles. The van der Waals surface area contributed by atoms with Crippen molar-refractivity contribution in [2.45, 2.75) is 45.1 Å². The molecule has 0 radical (unpaired) electrons. The molecule has 2 aromatic rings. The van der Waals surface area contributed by atoms with Gasteiger partial charge in [0.1, 0.15) is 11.3 Å². The average Bonchev–Trinajstić information content (AvgIpc) is 3.17. The van der Waals surface area contributed by atoms with E-state index in [2.05, 4.69) is 17.4 Å². The maximum absolute atomic E-state index is 12.5. The van der Waals surface area contributed by atoms with Crippen LogP contribution in [-0.4, -0.2) is 17.1 Å². The third-order valence-electron chi connectivity index (χ3n) is 3.88. The van der Waals surface area contributed by atoms with Crippen molar-refractivity contribution in [2.75, 3.05) is 5.73 Å². The second-order valence-corrected chi connectivity index (χ2v) is 6.51. The van der Waals surface area contributed by atoms with Crippen molar-refractivity contribution in [1.29, 1.82) is 0 Å². The summed E-state index contributed by atoms with van der Waals surface area (Å²) >= 11 is 1.62. The van der Waals surface area contributed by atoms with Crippen LogP contribution in [0.3, 0.4) is 0 Å². The highest BCUT2D eigenvalue weighted by molar-refractivity contribution is 7.15. The van der Waals surface area contributed by atoms with Crippen LogP contribution >= 0.6 is 11.3 Å². The summed E-state index contributed by atoms with van der Waals surface area (Å²) in [6.07, 6.45) is 5.36. The van der Waals surface area contributed by atoms with Gasteiger partial charge in [0.15, 0.2) is 0 Å². The third kappa shape index (κ3) is 2.81. The Bertz CT molecular complexity index is 641. The fourth-order valence-electron chi connectivity index (χ4n) is 2.71. The third-order valence-corrected chi connectivity index (χ3v) is 5.12. The number of carbonyl (C=O) groups is 1. The monoisotopic (exact) mass is 305 g/mol. The van der Waals surface area contributed by atoms with Gasteiger partial charge in [-0.25, -0.2) is 0 Å². The van der Waals surface area contributed by atoms with Crippen molar-refractivity contribution in [2.24, 2.45) is 0 Å². The average molecular weight is 305 g/mol. The van der Waals surface area contributed by atoms with E-state index < -0.39 is 0 Å². The molecule has 3 rings (SSSR count). The van der Waals surface area contributed by atoms with E-state index in [-0.39, 0.29) is 17.8 Å². The highest BCUT2D eigenvalue weighted by atomic mass is 32.1. The molecule has 0 unspecified atom stereocenters. The number of hydrogen-bond donors (Lipinski definition) is 2. The second kappa shape index (κ2) is 5.89. The van der Waals surface area contributed by atoms with Crippen LogP contribution in [0.25, 0.3) is 10.6 Å². The van der Waals surface area contributed by atoms with E-state index in [9.17, 15) is 4.79 Å². The van der Waals surface area contributed by atoms with E-state index in [0.29, 0.717) is 11.3 Å². The van der Waals surface area contributed by atoms with Gasteiger partial charge in [-0.2, -0.15) is 0 Å². The molecule has 21 heavy (non-hydrogen) atoms. The normalized spacial score (nSPS) is 15.5. The summed E-state index contributed by atoms with van der Waals surface area (Å²) in [6.45, 7) is 2.10. The quantitative estimate of drug-likeness (QED) is 0.908. The van der Waals surface area contributed by atoms with Crippen molar-refractivity contribution in [3.8, 4) is 10.6 Å². The lowest BCUT2D eigenvalue weighted by molar-refractivity contribution is 0.0939. The van der Waals surface area contributed by atoms with Gasteiger partial charge in [0.05, 0.1) is 4.88 Å². The molecule has 0 aromatic carbocycles. The van der Waals surface area contributed by atoms with Crippen LogP contribution in [0.4, 0.5) is 5.88 Å². The highest BCUT2D eigenvalue weighted by Crippen LogP contribution is 2.33. The van der Waals surface area contributed by atoms with Crippen molar-refractivity contribution in [1.82, 2.24) is 10.5 Å². The number of anilines is 1. The molecule has 5 nitrogen and oxygen atoms in total. The van der Waals surface area contributed by atoms with Crippen molar-refractivity contribution < 1.29 is 9.32 Å². The van der Waals surface area contributed by atoms with Crippen molar-refractivity contribution in [3.05, 3.63) is 22.6 Å². The maximum Gasteiger partial charge on any atom is 0.259 e. The molecule has 1 fully saturated rings. The van der Waals surface area contributed by atoms with Gasteiger partial charge >= 0.3 is 0 Å². The summed E-state index contributed by atoms with van der Waals surface area (Å²) in [6, 6.07) is 4.26. The SMILES string of the molecule is CCc1ccc(-c2noc(N)c2C(=O)NC2CCCC2)s1. The first-order valence-corrected chi connectivity index (χ1v) is 8.15. The standard InChI is InChI=1S/C15H19N3O2S/c1-2-10-7-8-11(21-10)13-12(14(16)20-18-13)15(19)17-9-5-3-4-6-9/h7-9H,2-6,16H2,1H3,(H,17,19). The van der Waals surface area contributed by atoms with Crippen molar-refractivity contribution in [3.63, 3.8) is 0 Å². The lowest BCUT2D eigenvalue weighted by Crippen LogP contribution is -2.33. The van der Waals surface area contributed by atoms with Crippen LogP contribution in [0.1, 0.15) is 47.8 Å². The Morgan fingerprint density at radius 3 is 2.90 bits per heavy atom. The zero-order valence-corrected chi connectivity index (χ0v) is 12.8. The number of carbonyl (C=O) groups excluding carboxylic acids is 1. The van der Waals surface area contributed by atoms with Gasteiger partial charge in [0, 0.05) is 10.9 Å². The number of nitrogen functional groups attached to an aromatic ring is 1. The van der Waals surface area contributed by atoms with E-state index in [1.807, 2.05) is 12.1 Å². The zero-order valence-electron chi connectivity index (χ0n) is 12.0. The van der Waals surface area contributed by atoms with E-state index in [0.717, 1.165) is 24.1 Å². The minimum Gasteiger partial charge on any atom is -0.367 e. The van der Waals surface area contributed by atoms with Crippen LogP contribution in [0.2, 0.25) is 0 Å². The van der Waals surface area contributed by atoms with Gasteiger partial charge in [-0.15, -0.1) is 11.3 Å². The highest BCUT2D eigenvalue weighted by Gasteiger charge is 2.26. The first-order valence-electron chi connectivity index (χ1n) is 7.34. The summed E-state index contributed by atoms with van der Waals surface area (Å²) in [5, 5.41) is 7.02. The summed E-state index contributed by atoms with van der Waals surface area (Å²) < 4.78 is 5.05. The Kier molecular flexibility index (Phi) is 3.96. The number of aryl methyl sites for hydroxylation is 1. The lowest BCUT2D eigenvalue weighted by atomic mass is 10.1. The molecule has 1 aliphatic carbocycles. The molecule has 0 spiro atoms. The molecule has 0 aliphatic heterocycles. The van der Waals surface area contributed by atoms with Gasteiger partial charge < -0.3 is 15.6 Å². The largest absolute Gasteiger partial charge is 0.367 e. The number of rotatable bonds is 4. The van der Waals surface area contributed by atoms with Gasteiger partial charge in [-0.3, -0.25) is 4.79 Å². The fourth-order valence-corrected chi connectivity index (χ4v) is 3.65. The molecule has 1 saturated carbocycles. The lowest BCUT2D eigenvalue weighted by Gasteiger charge is -2.11. The molecule has 1 amide bonds. The number of nitrogens with one attached hydrogen (secondary N) is 1. The predicted octanol–water partition coefficient (Wildman–Crippen LogP) is 3.22. The number of nitrogens with two attached hydrogens (primary N) is 1. The zero-order chi connectivity index (χ0) is 14.8. The topological polar surface area (TPSA) is 81.2 Å². The van der Waals surface area contributed by atoms with Crippen LogP contribution in [0.15, 0.2) is 16.7 Å². The van der Waals surface area contributed by atoms with Gasteiger partial charge in [0.2, 0.25) is 5.88 Å².